The fraction of sp³-hybridized carbons (Fsp3) is 0.300. The van der Waals surface area contributed by atoms with Crippen LogP contribution in [-0.2, 0) is 16.0 Å². The Morgan fingerprint density at radius 3 is 3.00 bits per heavy atom. The first kappa shape index (κ1) is 8.57. The molecule has 0 heterocycles. The number of carbonyl (C=O) groups excluding carboxylic acids is 1. The summed E-state index contributed by atoms with van der Waals surface area (Å²) >= 11 is 6.04. The molecule has 0 bridgehead atoms. The molecule has 3 heteroatoms. The fourth-order valence-corrected chi connectivity index (χ4v) is 2.09. The van der Waals surface area contributed by atoms with Crippen molar-refractivity contribution in [3.8, 4) is 0 Å². The number of halogens is 1. The molecular weight excluding hydrogens is 188 g/mol. The first-order chi connectivity index (χ1) is 6.33. The molecule has 0 amide bonds. The fourth-order valence-electron chi connectivity index (χ4n) is 1.73. The maximum atomic E-state index is 10.2. The normalized spacial score (nSPS) is 25.3. The summed E-state index contributed by atoms with van der Waals surface area (Å²) in [6.07, 6.45) is 0.506. The summed E-state index contributed by atoms with van der Waals surface area (Å²) in [5.41, 5.74) is 2.21. The smallest absolute Gasteiger partial charge is 0.293 e. The zero-order valence-electron chi connectivity index (χ0n) is 6.94. The zero-order chi connectivity index (χ0) is 9.26. The van der Waals surface area contributed by atoms with Crippen LogP contribution in [0.25, 0.3) is 0 Å². The van der Waals surface area contributed by atoms with E-state index in [1.807, 2.05) is 24.3 Å². The molecule has 1 aromatic carbocycles. The molecular formula is C10H9ClO2. The molecule has 0 saturated heterocycles. The number of carbonyl (C=O) groups is 1. The monoisotopic (exact) mass is 196 g/mol. The standard InChI is InChI=1S/C10H9ClO2/c11-9-5-7-3-1-2-4-8(7)10(9)13-6-12/h1-4,6,9-10H,5H2. The van der Waals surface area contributed by atoms with Crippen molar-refractivity contribution in [3.63, 3.8) is 0 Å². The van der Waals surface area contributed by atoms with Gasteiger partial charge in [-0.1, -0.05) is 24.3 Å². The number of ether oxygens (including phenoxy) is 1. The molecule has 0 aromatic heterocycles. The number of hydrogen-bond donors (Lipinski definition) is 0. The van der Waals surface area contributed by atoms with Gasteiger partial charge in [0.05, 0.1) is 5.38 Å². The van der Waals surface area contributed by atoms with E-state index in [9.17, 15) is 4.79 Å². The molecule has 68 valence electrons. The van der Waals surface area contributed by atoms with Crippen LogP contribution in [-0.4, -0.2) is 11.8 Å². The molecule has 2 unspecified atom stereocenters. The Bertz CT molecular complexity index is 324. The van der Waals surface area contributed by atoms with Crippen LogP contribution in [0.2, 0.25) is 0 Å². The Kier molecular flexibility index (Phi) is 2.23. The van der Waals surface area contributed by atoms with Crippen molar-refractivity contribution in [3.05, 3.63) is 35.4 Å². The second kappa shape index (κ2) is 3.38. The van der Waals surface area contributed by atoms with Crippen LogP contribution in [0.3, 0.4) is 0 Å². The lowest BCUT2D eigenvalue weighted by molar-refractivity contribution is -0.133. The van der Waals surface area contributed by atoms with Crippen LogP contribution < -0.4 is 0 Å². The Labute approximate surface area is 81.5 Å². The third-order valence-corrected chi connectivity index (χ3v) is 2.69. The van der Waals surface area contributed by atoms with E-state index < -0.39 is 0 Å². The van der Waals surface area contributed by atoms with Crippen molar-refractivity contribution < 1.29 is 9.53 Å². The zero-order valence-corrected chi connectivity index (χ0v) is 7.70. The van der Waals surface area contributed by atoms with Gasteiger partial charge in [-0.3, -0.25) is 4.79 Å². The summed E-state index contributed by atoms with van der Waals surface area (Å²) in [5.74, 6) is 0. The van der Waals surface area contributed by atoms with Gasteiger partial charge in [0.15, 0.2) is 0 Å². The molecule has 1 aliphatic rings. The maximum absolute atomic E-state index is 10.2. The number of rotatable bonds is 2. The SMILES string of the molecule is O=COC1c2ccccc2CC1Cl. The van der Waals surface area contributed by atoms with Gasteiger partial charge < -0.3 is 4.74 Å². The lowest BCUT2D eigenvalue weighted by atomic mass is 10.1. The average molecular weight is 197 g/mol. The van der Waals surface area contributed by atoms with E-state index >= 15 is 0 Å². The number of benzene rings is 1. The van der Waals surface area contributed by atoms with Crippen LogP contribution in [0.4, 0.5) is 0 Å². The van der Waals surface area contributed by atoms with Crippen molar-refractivity contribution in [1.29, 1.82) is 0 Å². The van der Waals surface area contributed by atoms with E-state index in [1.165, 1.54) is 5.56 Å². The minimum atomic E-state index is -0.268. The van der Waals surface area contributed by atoms with E-state index in [2.05, 4.69) is 0 Å². The Hall–Kier alpha value is -1.02. The van der Waals surface area contributed by atoms with E-state index in [1.54, 1.807) is 0 Å². The predicted octanol–water partition coefficient (Wildman–Crippen LogP) is 2.06. The van der Waals surface area contributed by atoms with Crippen molar-refractivity contribution in [2.75, 3.05) is 0 Å². The first-order valence-electron chi connectivity index (χ1n) is 4.14. The molecule has 2 nitrogen and oxygen atoms in total. The van der Waals surface area contributed by atoms with Gasteiger partial charge in [0, 0.05) is 0 Å². The highest BCUT2D eigenvalue weighted by Gasteiger charge is 2.31. The largest absolute Gasteiger partial charge is 0.458 e. The van der Waals surface area contributed by atoms with E-state index in [0.717, 1.165) is 12.0 Å². The summed E-state index contributed by atoms with van der Waals surface area (Å²) < 4.78 is 4.93. The highest BCUT2D eigenvalue weighted by molar-refractivity contribution is 6.21. The Morgan fingerprint density at radius 2 is 2.23 bits per heavy atom. The topological polar surface area (TPSA) is 26.3 Å². The molecule has 13 heavy (non-hydrogen) atoms. The maximum Gasteiger partial charge on any atom is 0.293 e. The van der Waals surface area contributed by atoms with Gasteiger partial charge in [-0.2, -0.15) is 0 Å². The van der Waals surface area contributed by atoms with Crippen LogP contribution in [0.5, 0.6) is 0 Å². The van der Waals surface area contributed by atoms with Crippen LogP contribution in [0, 0.1) is 0 Å². The van der Waals surface area contributed by atoms with Crippen LogP contribution in [0.15, 0.2) is 24.3 Å². The lowest BCUT2D eigenvalue weighted by Gasteiger charge is -2.12. The molecule has 2 rings (SSSR count). The Balaban J connectivity index is 2.34. The highest BCUT2D eigenvalue weighted by Crippen LogP contribution is 2.36. The first-order valence-corrected chi connectivity index (χ1v) is 4.57. The minimum absolute atomic E-state index is 0.123. The summed E-state index contributed by atoms with van der Waals surface area (Å²) in [4.78, 5) is 10.2. The van der Waals surface area contributed by atoms with Crippen molar-refractivity contribution in [2.45, 2.75) is 17.9 Å². The van der Waals surface area contributed by atoms with Gasteiger partial charge in [0.25, 0.3) is 6.47 Å². The number of fused-ring (bicyclic) bond motifs is 1. The molecule has 0 fully saturated rings. The summed E-state index contributed by atoms with van der Waals surface area (Å²) in [6.45, 7) is 0.460. The molecule has 0 radical (unpaired) electrons. The quantitative estimate of drug-likeness (QED) is 0.535. The second-order valence-corrected chi connectivity index (χ2v) is 3.63. The van der Waals surface area contributed by atoms with Gasteiger partial charge in [-0.25, -0.2) is 0 Å². The van der Waals surface area contributed by atoms with Gasteiger partial charge >= 0.3 is 0 Å². The van der Waals surface area contributed by atoms with E-state index in [0.29, 0.717) is 6.47 Å². The third-order valence-electron chi connectivity index (χ3n) is 2.31. The minimum Gasteiger partial charge on any atom is -0.458 e. The van der Waals surface area contributed by atoms with E-state index in [-0.39, 0.29) is 11.5 Å². The van der Waals surface area contributed by atoms with Crippen molar-refractivity contribution >= 4 is 18.1 Å². The number of hydrogen-bond acceptors (Lipinski definition) is 2. The molecule has 2 atom stereocenters. The van der Waals surface area contributed by atoms with E-state index in [4.69, 9.17) is 16.3 Å². The summed E-state index contributed by atoms with van der Waals surface area (Å²) in [5, 5.41) is -0.123. The lowest BCUT2D eigenvalue weighted by Crippen LogP contribution is -2.09. The van der Waals surface area contributed by atoms with Crippen molar-refractivity contribution in [2.24, 2.45) is 0 Å². The van der Waals surface area contributed by atoms with Crippen LogP contribution >= 0.6 is 11.6 Å². The summed E-state index contributed by atoms with van der Waals surface area (Å²) in [6, 6.07) is 7.85. The highest BCUT2D eigenvalue weighted by atomic mass is 35.5. The molecule has 0 spiro atoms. The van der Waals surface area contributed by atoms with Gasteiger partial charge in [-0.15, -0.1) is 11.6 Å². The molecule has 0 saturated carbocycles. The molecule has 0 N–H and O–H groups in total. The average Bonchev–Trinajstić information content (AvgIpc) is 2.44. The number of alkyl halides is 1. The van der Waals surface area contributed by atoms with Gasteiger partial charge in [-0.05, 0) is 17.5 Å². The molecule has 0 aliphatic heterocycles. The van der Waals surface area contributed by atoms with Crippen LogP contribution in [0.1, 0.15) is 17.2 Å². The molecule has 1 aliphatic carbocycles. The second-order valence-electron chi connectivity index (χ2n) is 3.07. The van der Waals surface area contributed by atoms with Crippen molar-refractivity contribution in [1.82, 2.24) is 0 Å². The molecule has 1 aromatic rings. The summed E-state index contributed by atoms with van der Waals surface area (Å²) in [7, 11) is 0. The van der Waals surface area contributed by atoms with Gasteiger partial charge in [0.2, 0.25) is 0 Å². The van der Waals surface area contributed by atoms with Gasteiger partial charge in [0.1, 0.15) is 6.10 Å². The predicted molar refractivity (Wildman–Crippen MR) is 49.7 cm³/mol. The Morgan fingerprint density at radius 1 is 1.46 bits per heavy atom. The third kappa shape index (κ3) is 1.42.